The van der Waals surface area contributed by atoms with Crippen molar-refractivity contribution in [3.8, 4) is 11.8 Å². The van der Waals surface area contributed by atoms with Gasteiger partial charge in [-0.3, -0.25) is 9.52 Å². The second-order valence-electron chi connectivity index (χ2n) is 6.01. The van der Waals surface area contributed by atoms with Gasteiger partial charge in [0.2, 0.25) is 0 Å². The van der Waals surface area contributed by atoms with Crippen LogP contribution in [-0.4, -0.2) is 21.4 Å². The van der Waals surface area contributed by atoms with Crippen molar-refractivity contribution in [2.45, 2.75) is 4.90 Å². The summed E-state index contributed by atoms with van der Waals surface area (Å²) in [6.07, 6.45) is 0. The smallest absolute Gasteiger partial charge is 0.261 e. The van der Waals surface area contributed by atoms with Crippen LogP contribution in [-0.2, 0) is 10.0 Å². The second-order valence-corrected chi connectivity index (χ2v) is 7.69. The molecule has 0 saturated carbocycles. The highest BCUT2D eigenvalue weighted by Gasteiger charge is 2.16. The lowest BCUT2D eigenvalue weighted by atomic mass is 10.1. The first-order valence-corrected chi connectivity index (χ1v) is 9.98. The lowest BCUT2D eigenvalue weighted by Crippen LogP contribution is -2.15. The number of methoxy groups -OCH3 is 1. The molecule has 0 aliphatic carbocycles. The van der Waals surface area contributed by atoms with E-state index in [9.17, 15) is 13.2 Å². The summed E-state index contributed by atoms with van der Waals surface area (Å²) in [5.74, 6) is 0.165. The van der Waals surface area contributed by atoms with Gasteiger partial charge >= 0.3 is 0 Å². The third-order valence-corrected chi connectivity index (χ3v) is 5.38. The van der Waals surface area contributed by atoms with Crippen LogP contribution >= 0.6 is 0 Å². The number of nitriles is 1. The average Bonchev–Trinajstić information content (AvgIpc) is 2.74. The first kappa shape index (κ1) is 19.9. The number of hydrogen-bond acceptors (Lipinski definition) is 5. The van der Waals surface area contributed by atoms with Crippen molar-refractivity contribution in [2.24, 2.45) is 0 Å². The Hall–Kier alpha value is -3.83. The summed E-state index contributed by atoms with van der Waals surface area (Å²) in [6.45, 7) is 0. The summed E-state index contributed by atoms with van der Waals surface area (Å²) >= 11 is 0. The number of carbonyl (C=O) groups excluding carboxylic acids is 1. The van der Waals surface area contributed by atoms with Crippen LogP contribution < -0.4 is 14.8 Å². The number of hydrogen-bond donors (Lipinski definition) is 2. The molecule has 0 radical (unpaired) electrons. The van der Waals surface area contributed by atoms with Crippen LogP contribution in [0.5, 0.6) is 5.75 Å². The van der Waals surface area contributed by atoms with E-state index in [0.29, 0.717) is 28.3 Å². The van der Waals surface area contributed by atoms with Crippen molar-refractivity contribution in [2.75, 3.05) is 17.1 Å². The largest absolute Gasteiger partial charge is 0.497 e. The van der Waals surface area contributed by atoms with Crippen LogP contribution in [0.2, 0.25) is 0 Å². The van der Waals surface area contributed by atoms with E-state index >= 15 is 0 Å². The Kier molecular flexibility index (Phi) is 5.81. The normalized spacial score (nSPS) is 10.6. The molecular formula is C21H17N3O4S. The van der Waals surface area contributed by atoms with Crippen LogP contribution in [0.3, 0.4) is 0 Å². The molecule has 2 N–H and O–H groups in total. The topological polar surface area (TPSA) is 108 Å². The van der Waals surface area contributed by atoms with Crippen LogP contribution in [0.15, 0.2) is 77.7 Å². The fraction of sp³-hybridized carbons (Fsp3) is 0.0476. The number of sulfonamides is 1. The predicted molar refractivity (Wildman–Crippen MR) is 109 cm³/mol. The van der Waals surface area contributed by atoms with Crippen molar-refractivity contribution in [1.29, 1.82) is 5.26 Å². The molecule has 3 rings (SSSR count). The quantitative estimate of drug-likeness (QED) is 0.649. The zero-order valence-electron chi connectivity index (χ0n) is 15.4. The number of ether oxygens (including phenoxy) is 1. The number of carbonyl (C=O) groups is 1. The van der Waals surface area contributed by atoms with Gasteiger partial charge in [0.15, 0.2) is 0 Å². The molecule has 146 valence electrons. The second kappa shape index (κ2) is 8.46. The van der Waals surface area contributed by atoms with Crippen molar-refractivity contribution in [3.05, 3.63) is 83.9 Å². The van der Waals surface area contributed by atoms with Gasteiger partial charge in [-0.15, -0.1) is 0 Å². The summed E-state index contributed by atoms with van der Waals surface area (Å²) in [4.78, 5) is 12.4. The van der Waals surface area contributed by atoms with Crippen molar-refractivity contribution >= 4 is 27.3 Å². The molecule has 0 fully saturated rings. The summed E-state index contributed by atoms with van der Waals surface area (Å²) < 4.78 is 32.8. The molecule has 8 heteroatoms. The van der Waals surface area contributed by atoms with Gasteiger partial charge in [-0.25, -0.2) is 8.42 Å². The number of nitrogens with one attached hydrogen (secondary N) is 2. The SMILES string of the molecule is COc1ccc(NS(=O)(=O)c2cccc(NC(=O)c3cccc(C#N)c3)c2)cc1. The van der Waals surface area contributed by atoms with E-state index in [1.54, 1.807) is 48.5 Å². The Morgan fingerprint density at radius 3 is 2.38 bits per heavy atom. The molecule has 0 bridgehead atoms. The monoisotopic (exact) mass is 407 g/mol. The van der Waals surface area contributed by atoms with Crippen molar-refractivity contribution in [3.63, 3.8) is 0 Å². The van der Waals surface area contributed by atoms with Crippen molar-refractivity contribution in [1.82, 2.24) is 0 Å². The first-order valence-electron chi connectivity index (χ1n) is 8.50. The molecule has 3 aromatic rings. The van der Waals surface area contributed by atoms with Gasteiger partial charge in [0.05, 0.1) is 23.6 Å². The molecule has 0 spiro atoms. The third kappa shape index (κ3) is 4.91. The van der Waals surface area contributed by atoms with Crippen LogP contribution in [0.1, 0.15) is 15.9 Å². The number of anilines is 2. The molecule has 0 unspecified atom stereocenters. The van der Waals surface area contributed by atoms with Gasteiger partial charge < -0.3 is 10.1 Å². The van der Waals surface area contributed by atoms with E-state index in [-0.39, 0.29) is 4.90 Å². The van der Waals surface area contributed by atoms with E-state index in [2.05, 4.69) is 10.0 Å². The summed E-state index contributed by atoms with van der Waals surface area (Å²) in [6, 6.07) is 20.6. The minimum atomic E-state index is -3.85. The predicted octanol–water partition coefficient (Wildman–Crippen LogP) is 3.62. The summed E-state index contributed by atoms with van der Waals surface area (Å²) in [5, 5.41) is 11.6. The zero-order chi connectivity index (χ0) is 20.9. The summed E-state index contributed by atoms with van der Waals surface area (Å²) in [5.41, 5.74) is 1.36. The highest BCUT2D eigenvalue weighted by molar-refractivity contribution is 7.92. The molecule has 7 nitrogen and oxygen atoms in total. The molecule has 0 heterocycles. The molecule has 0 aromatic heterocycles. The van der Waals surface area contributed by atoms with Gasteiger partial charge in [-0.05, 0) is 60.7 Å². The average molecular weight is 407 g/mol. The zero-order valence-corrected chi connectivity index (χ0v) is 16.2. The van der Waals surface area contributed by atoms with E-state index in [4.69, 9.17) is 10.00 Å². The van der Waals surface area contributed by atoms with Gasteiger partial charge in [0.25, 0.3) is 15.9 Å². The molecule has 1 amide bonds. The van der Waals surface area contributed by atoms with E-state index in [1.165, 1.54) is 31.4 Å². The van der Waals surface area contributed by atoms with E-state index in [0.717, 1.165) is 0 Å². The lowest BCUT2D eigenvalue weighted by molar-refractivity contribution is 0.102. The maximum atomic E-state index is 12.7. The van der Waals surface area contributed by atoms with E-state index in [1.807, 2.05) is 6.07 Å². The van der Waals surface area contributed by atoms with E-state index < -0.39 is 15.9 Å². The van der Waals surface area contributed by atoms with Gasteiger partial charge in [0, 0.05) is 16.9 Å². The van der Waals surface area contributed by atoms with Crippen molar-refractivity contribution < 1.29 is 17.9 Å². The lowest BCUT2D eigenvalue weighted by Gasteiger charge is -2.11. The minimum Gasteiger partial charge on any atom is -0.497 e. The molecule has 0 aliphatic heterocycles. The third-order valence-electron chi connectivity index (χ3n) is 4.00. The number of nitrogens with zero attached hydrogens (tertiary/aromatic N) is 1. The maximum absolute atomic E-state index is 12.7. The first-order chi connectivity index (χ1) is 13.9. The highest BCUT2D eigenvalue weighted by atomic mass is 32.2. The fourth-order valence-corrected chi connectivity index (χ4v) is 3.65. The standard InChI is InChI=1S/C21H17N3O4S/c1-28-19-10-8-17(9-11-19)24-29(26,27)20-7-3-6-18(13-20)23-21(25)16-5-2-4-15(12-16)14-22/h2-13,24H,1H3,(H,23,25). The number of benzene rings is 3. The van der Waals surface area contributed by atoms with Crippen LogP contribution in [0.4, 0.5) is 11.4 Å². The van der Waals surface area contributed by atoms with Crippen LogP contribution in [0, 0.1) is 11.3 Å². The molecule has 0 atom stereocenters. The molecular weight excluding hydrogens is 390 g/mol. The number of amides is 1. The molecule has 29 heavy (non-hydrogen) atoms. The highest BCUT2D eigenvalue weighted by Crippen LogP contribution is 2.21. The molecule has 3 aromatic carbocycles. The Bertz CT molecular complexity index is 1180. The number of rotatable bonds is 6. The Morgan fingerprint density at radius 1 is 0.966 bits per heavy atom. The fourth-order valence-electron chi connectivity index (χ4n) is 2.55. The molecule has 0 aliphatic rings. The maximum Gasteiger partial charge on any atom is 0.261 e. The Morgan fingerprint density at radius 2 is 1.69 bits per heavy atom. The Labute approximate surface area is 168 Å². The Balaban J connectivity index is 1.78. The van der Waals surface area contributed by atoms with Gasteiger partial charge in [0.1, 0.15) is 5.75 Å². The summed E-state index contributed by atoms with van der Waals surface area (Å²) in [7, 11) is -2.33. The van der Waals surface area contributed by atoms with Gasteiger partial charge in [-0.2, -0.15) is 5.26 Å². The molecule has 0 saturated heterocycles. The van der Waals surface area contributed by atoms with Crippen LogP contribution in [0.25, 0.3) is 0 Å². The minimum absolute atomic E-state index is 0.00288. The van der Waals surface area contributed by atoms with Gasteiger partial charge in [-0.1, -0.05) is 12.1 Å².